The Kier molecular flexibility index (Phi) is 2.46. The molecule has 1 aromatic rings. The molecular formula is C12H17NO. The zero-order valence-corrected chi connectivity index (χ0v) is 8.62. The number of rotatable bonds is 4. The van der Waals surface area contributed by atoms with Crippen molar-refractivity contribution in [2.45, 2.75) is 31.7 Å². The van der Waals surface area contributed by atoms with Crippen LogP contribution in [0.4, 0.5) is 0 Å². The van der Waals surface area contributed by atoms with Crippen LogP contribution in [0.15, 0.2) is 24.3 Å². The second kappa shape index (κ2) is 3.62. The lowest BCUT2D eigenvalue weighted by atomic mass is 10.1. The van der Waals surface area contributed by atoms with Crippen LogP contribution in [0.1, 0.15) is 25.3 Å². The van der Waals surface area contributed by atoms with Crippen LogP contribution in [-0.2, 0) is 6.42 Å². The molecule has 14 heavy (non-hydrogen) atoms. The van der Waals surface area contributed by atoms with Crippen LogP contribution in [0, 0.1) is 0 Å². The maximum atomic E-state index is 6.06. The molecule has 0 bridgehead atoms. The van der Waals surface area contributed by atoms with Gasteiger partial charge in [-0.2, -0.15) is 0 Å². The Bertz CT molecular complexity index is 318. The molecule has 0 aliphatic heterocycles. The number of nitrogens with two attached hydrogens (primary N) is 1. The van der Waals surface area contributed by atoms with Gasteiger partial charge in [-0.15, -0.1) is 0 Å². The molecule has 2 heteroatoms. The molecule has 1 aliphatic carbocycles. The van der Waals surface area contributed by atoms with E-state index in [2.05, 4.69) is 12.1 Å². The van der Waals surface area contributed by atoms with E-state index in [1.165, 1.54) is 5.56 Å². The first kappa shape index (κ1) is 9.53. The van der Waals surface area contributed by atoms with E-state index in [1.807, 2.05) is 19.1 Å². The van der Waals surface area contributed by atoms with Crippen molar-refractivity contribution in [2.75, 3.05) is 6.61 Å². The highest BCUT2D eigenvalue weighted by atomic mass is 16.5. The van der Waals surface area contributed by atoms with Gasteiger partial charge < -0.3 is 10.5 Å². The summed E-state index contributed by atoms with van der Waals surface area (Å²) >= 11 is 0. The highest BCUT2D eigenvalue weighted by Crippen LogP contribution is 2.35. The minimum Gasteiger partial charge on any atom is -0.494 e. The van der Waals surface area contributed by atoms with Gasteiger partial charge in [0.2, 0.25) is 0 Å². The predicted octanol–water partition coefficient (Wildman–Crippen LogP) is 2.12. The molecule has 1 aromatic carbocycles. The molecule has 76 valence electrons. The standard InChI is InChI=1S/C12H17NO/c1-2-14-11-5-3-4-10(8-11)9-12(13)6-7-12/h3-5,8H,2,6-7,9,13H2,1H3. The number of hydrogen-bond acceptors (Lipinski definition) is 2. The lowest BCUT2D eigenvalue weighted by Crippen LogP contribution is -2.24. The largest absolute Gasteiger partial charge is 0.494 e. The molecule has 2 nitrogen and oxygen atoms in total. The van der Waals surface area contributed by atoms with E-state index in [0.29, 0.717) is 0 Å². The van der Waals surface area contributed by atoms with Gasteiger partial charge in [-0.1, -0.05) is 12.1 Å². The molecule has 0 amide bonds. The predicted molar refractivity (Wildman–Crippen MR) is 57.5 cm³/mol. The second-order valence-corrected chi connectivity index (χ2v) is 4.12. The number of ether oxygens (including phenoxy) is 1. The third-order valence-electron chi connectivity index (χ3n) is 2.66. The van der Waals surface area contributed by atoms with E-state index in [0.717, 1.165) is 31.6 Å². The Morgan fingerprint density at radius 2 is 2.21 bits per heavy atom. The van der Waals surface area contributed by atoms with Crippen molar-refractivity contribution in [1.82, 2.24) is 0 Å². The molecule has 2 N–H and O–H groups in total. The molecule has 1 fully saturated rings. The van der Waals surface area contributed by atoms with Crippen molar-refractivity contribution in [2.24, 2.45) is 5.73 Å². The Hall–Kier alpha value is -1.02. The zero-order valence-electron chi connectivity index (χ0n) is 8.62. The molecule has 0 spiro atoms. The summed E-state index contributed by atoms with van der Waals surface area (Å²) in [7, 11) is 0. The van der Waals surface area contributed by atoms with E-state index >= 15 is 0 Å². The van der Waals surface area contributed by atoms with Gasteiger partial charge in [-0.3, -0.25) is 0 Å². The first-order valence-corrected chi connectivity index (χ1v) is 5.22. The molecule has 0 aromatic heterocycles. The van der Waals surface area contributed by atoms with E-state index in [4.69, 9.17) is 10.5 Å². The third kappa shape index (κ3) is 2.26. The normalized spacial score (nSPS) is 17.9. The number of hydrogen-bond donors (Lipinski definition) is 1. The van der Waals surface area contributed by atoms with Crippen molar-refractivity contribution in [3.8, 4) is 5.75 Å². The first-order valence-electron chi connectivity index (χ1n) is 5.22. The van der Waals surface area contributed by atoms with E-state index < -0.39 is 0 Å². The van der Waals surface area contributed by atoms with E-state index in [-0.39, 0.29) is 5.54 Å². The summed E-state index contributed by atoms with van der Waals surface area (Å²) < 4.78 is 5.44. The van der Waals surface area contributed by atoms with Crippen molar-refractivity contribution in [1.29, 1.82) is 0 Å². The van der Waals surface area contributed by atoms with Gasteiger partial charge >= 0.3 is 0 Å². The topological polar surface area (TPSA) is 35.2 Å². The summed E-state index contributed by atoms with van der Waals surface area (Å²) in [6.07, 6.45) is 3.30. The third-order valence-corrected chi connectivity index (χ3v) is 2.66. The molecule has 0 atom stereocenters. The second-order valence-electron chi connectivity index (χ2n) is 4.12. The molecule has 1 aliphatic rings. The lowest BCUT2D eigenvalue weighted by Gasteiger charge is -2.10. The van der Waals surface area contributed by atoms with Gasteiger partial charge in [0.15, 0.2) is 0 Å². The van der Waals surface area contributed by atoms with Crippen LogP contribution >= 0.6 is 0 Å². The summed E-state index contributed by atoms with van der Waals surface area (Å²) in [4.78, 5) is 0. The highest BCUT2D eigenvalue weighted by molar-refractivity contribution is 5.30. The van der Waals surface area contributed by atoms with Crippen LogP contribution < -0.4 is 10.5 Å². The molecule has 0 heterocycles. The van der Waals surface area contributed by atoms with Gasteiger partial charge in [0.25, 0.3) is 0 Å². The van der Waals surface area contributed by atoms with Gasteiger partial charge in [-0.05, 0) is 43.9 Å². The maximum Gasteiger partial charge on any atom is 0.119 e. The summed E-state index contributed by atoms with van der Waals surface area (Å²) in [6.45, 7) is 2.72. The Labute approximate surface area is 85.1 Å². The van der Waals surface area contributed by atoms with Crippen LogP contribution in [0.2, 0.25) is 0 Å². The molecule has 0 unspecified atom stereocenters. The minimum atomic E-state index is 0.0881. The van der Waals surface area contributed by atoms with Crippen molar-refractivity contribution in [3.05, 3.63) is 29.8 Å². The van der Waals surface area contributed by atoms with Crippen LogP contribution in [0.5, 0.6) is 5.75 Å². The summed E-state index contributed by atoms with van der Waals surface area (Å²) in [5, 5.41) is 0. The molecular weight excluding hydrogens is 174 g/mol. The van der Waals surface area contributed by atoms with Crippen molar-refractivity contribution >= 4 is 0 Å². The Morgan fingerprint density at radius 3 is 2.86 bits per heavy atom. The zero-order chi connectivity index (χ0) is 10.0. The van der Waals surface area contributed by atoms with Crippen LogP contribution in [-0.4, -0.2) is 12.1 Å². The quantitative estimate of drug-likeness (QED) is 0.791. The monoisotopic (exact) mass is 191 g/mol. The van der Waals surface area contributed by atoms with Gasteiger partial charge in [0.1, 0.15) is 5.75 Å². The van der Waals surface area contributed by atoms with E-state index in [9.17, 15) is 0 Å². The Balaban J connectivity index is 2.06. The minimum absolute atomic E-state index is 0.0881. The fourth-order valence-electron chi connectivity index (χ4n) is 1.66. The fourth-order valence-corrected chi connectivity index (χ4v) is 1.66. The average molecular weight is 191 g/mol. The Morgan fingerprint density at radius 1 is 1.43 bits per heavy atom. The molecule has 0 saturated heterocycles. The summed E-state index contributed by atoms with van der Waals surface area (Å²) in [5.74, 6) is 0.953. The average Bonchev–Trinajstić information content (AvgIpc) is 2.84. The number of benzene rings is 1. The van der Waals surface area contributed by atoms with Gasteiger partial charge in [0.05, 0.1) is 6.61 Å². The summed E-state index contributed by atoms with van der Waals surface area (Å²) in [6, 6.07) is 8.24. The van der Waals surface area contributed by atoms with Crippen LogP contribution in [0.25, 0.3) is 0 Å². The summed E-state index contributed by atoms with van der Waals surface area (Å²) in [5.41, 5.74) is 7.44. The van der Waals surface area contributed by atoms with Crippen molar-refractivity contribution < 1.29 is 4.74 Å². The van der Waals surface area contributed by atoms with Gasteiger partial charge in [0, 0.05) is 5.54 Å². The van der Waals surface area contributed by atoms with Crippen molar-refractivity contribution in [3.63, 3.8) is 0 Å². The molecule has 1 saturated carbocycles. The first-order chi connectivity index (χ1) is 6.72. The SMILES string of the molecule is CCOc1cccc(CC2(N)CC2)c1. The maximum absolute atomic E-state index is 6.06. The van der Waals surface area contributed by atoms with E-state index in [1.54, 1.807) is 0 Å². The highest BCUT2D eigenvalue weighted by Gasteiger charge is 2.37. The van der Waals surface area contributed by atoms with Gasteiger partial charge in [-0.25, -0.2) is 0 Å². The lowest BCUT2D eigenvalue weighted by molar-refractivity contribution is 0.340. The smallest absolute Gasteiger partial charge is 0.119 e. The van der Waals surface area contributed by atoms with Crippen LogP contribution in [0.3, 0.4) is 0 Å². The fraction of sp³-hybridized carbons (Fsp3) is 0.500. The molecule has 0 radical (unpaired) electrons. The molecule has 2 rings (SSSR count).